The monoisotopic (exact) mass is 262 g/mol. The van der Waals surface area contributed by atoms with E-state index in [0.717, 1.165) is 25.7 Å². The normalized spacial score (nSPS) is 29.2. The van der Waals surface area contributed by atoms with Crippen molar-refractivity contribution in [1.29, 1.82) is 0 Å². The number of carbonyl (C=O) groups is 1. The van der Waals surface area contributed by atoms with Gasteiger partial charge in [0.2, 0.25) is 0 Å². The summed E-state index contributed by atoms with van der Waals surface area (Å²) in [5.41, 5.74) is 0.578. The highest BCUT2D eigenvalue weighted by molar-refractivity contribution is 5.97. The maximum Gasteiger partial charge on any atom is 0.316 e. The Morgan fingerprint density at radius 2 is 1.95 bits per heavy atom. The molecule has 102 valence electrons. The summed E-state index contributed by atoms with van der Waals surface area (Å²) in [5, 5.41) is 0. The zero-order valence-corrected chi connectivity index (χ0v) is 11.0. The number of rotatable bonds is 4. The van der Waals surface area contributed by atoms with Gasteiger partial charge in [-0.1, -0.05) is 0 Å². The van der Waals surface area contributed by atoms with Gasteiger partial charge in [0.25, 0.3) is 0 Å². The first-order valence-corrected chi connectivity index (χ1v) is 6.90. The fraction of sp³-hybridized carbons (Fsp3) is 0.643. The third kappa shape index (κ3) is 2.61. The summed E-state index contributed by atoms with van der Waals surface area (Å²) in [6.45, 7) is 2.40. The number of ketones is 1. The predicted molar refractivity (Wildman–Crippen MR) is 68.2 cm³/mol. The predicted octanol–water partition coefficient (Wildman–Crippen LogP) is 2.02. The molecule has 2 aliphatic heterocycles. The summed E-state index contributed by atoms with van der Waals surface area (Å²) in [5.74, 6) is 0.205. The maximum atomic E-state index is 12.4. The molecule has 2 fully saturated rings. The summed E-state index contributed by atoms with van der Waals surface area (Å²) < 4.78 is 10.9. The molecule has 2 unspecified atom stereocenters. The van der Waals surface area contributed by atoms with Gasteiger partial charge in [-0.25, -0.2) is 9.97 Å². The van der Waals surface area contributed by atoms with Crippen molar-refractivity contribution in [2.75, 3.05) is 6.61 Å². The van der Waals surface area contributed by atoms with E-state index in [9.17, 15) is 4.79 Å². The van der Waals surface area contributed by atoms with Crippen molar-refractivity contribution in [3.63, 3.8) is 0 Å². The quantitative estimate of drug-likeness (QED) is 0.777. The van der Waals surface area contributed by atoms with Gasteiger partial charge >= 0.3 is 6.01 Å². The minimum absolute atomic E-state index is 0.0628. The minimum atomic E-state index is 0.0628. The molecule has 0 radical (unpaired) electrons. The van der Waals surface area contributed by atoms with Crippen LogP contribution in [0.25, 0.3) is 0 Å². The number of hydrogen-bond acceptors (Lipinski definition) is 5. The van der Waals surface area contributed by atoms with Crippen LogP contribution in [0.15, 0.2) is 12.4 Å². The first kappa shape index (κ1) is 12.5. The first-order valence-electron chi connectivity index (χ1n) is 6.90. The van der Waals surface area contributed by atoms with Crippen LogP contribution in [0.3, 0.4) is 0 Å². The lowest BCUT2D eigenvalue weighted by Gasteiger charge is -2.27. The molecule has 0 saturated carbocycles. The lowest BCUT2D eigenvalue weighted by atomic mass is 9.89. The number of carbonyl (C=O) groups excluding carboxylic acids is 1. The molecule has 2 atom stereocenters. The van der Waals surface area contributed by atoms with Gasteiger partial charge in [-0.2, -0.15) is 0 Å². The smallest absolute Gasteiger partial charge is 0.316 e. The van der Waals surface area contributed by atoms with E-state index in [1.165, 1.54) is 0 Å². The molecular formula is C14H18N2O3. The number of aromatic nitrogens is 2. The summed E-state index contributed by atoms with van der Waals surface area (Å²) in [7, 11) is 0. The molecule has 2 bridgehead atoms. The van der Waals surface area contributed by atoms with Crippen molar-refractivity contribution < 1.29 is 14.3 Å². The average Bonchev–Trinajstić information content (AvgIpc) is 2.78. The molecular weight excluding hydrogens is 244 g/mol. The van der Waals surface area contributed by atoms with Gasteiger partial charge in [0.05, 0.1) is 24.4 Å². The molecule has 0 amide bonds. The van der Waals surface area contributed by atoms with Gasteiger partial charge in [0, 0.05) is 18.3 Å². The van der Waals surface area contributed by atoms with Crippen molar-refractivity contribution in [3.8, 4) is 6.01 Å². The number of fused-ring (bicyclic) bond motifs is 2. The second-order valence-electron chi connectivity index (χ2n) is 5.18. The standard InChI is InChI=1S/C14H18N2O3/c1-2-18-14-15-7-10(8-16-14)13(17)9-5-11-3-4-12(6-9)19-11/h7-9,11-12H,2-6H2,1H3. The van der Waals surface area contributed by atoms with Gasteiger partial charge in [-0.15, -0.1) is 0 Å². The second kappa shape index (κ2) is 5.25. The van der Waals surface area contributed by atoms with Crippen LogP contribution in [0.1, 0.15) is 43.0 Å². The summed E-state index contributed by atoms with van der Waals surface area (Å²) >= 11 is 0. The lowest BCUT2D eigenvalue weighted by molar-refractivity contribution is -0.0149. The van der Waals surface area contributed by atoms with Crippen LogP contribution < -0.4 is 4.74 Å². The van der Waals surface area contributed by atoms with E-state index in [-0.39, 0.29) is 23.9 Å². The molecule has 5 nitrogen and oxygen atoms in total. The van der Waals surface area contributed by atoms with E-state index < -0.39 is 0 Å². The highest BCUT2D eigenvalue weighted by Gasteiger charge is 2.38. The van der Waals surface area contributed by atoms with Crippen LogP contribution in [0.5, 0.6) is 6.01 Å². The Balaban J connectivity index is 1.69. The van der Waals surface area contributed by atoms with Gasteiger partial charge in [-0.05, 0) is 32.6 Å². The average molecular weight is 262 g/mol. The Kier molecular flexibility index (Phi) is 3.46. The summed E-state index contributed by atoms with van der Waals surface area (Å²) in [6, 6.07) is 0.325. The highest BCUT2D eigenvalue weighted by Crippen LogP contribution is 2.37. The fourth-order valence-electron chi connectivity index (χ4n) is 2.95. The maximum absolute atomic E-state index is 12.4. The number of hydrogen-bond donors (Lipinski definition) is 0. The highest BCUT2D eigenvalue weighted by atomic mass is 16.5. The van der Waals surface area contributed by atoms with Gasteiger partial charge < -0.3 is 9.47 Å². The van der Waals surface area contributed by atoms with Crippen molar-refractivity contribution >= 4 is 5.78 Å². The Bertz CT molecular complexity index is 448. The Morgan fingerprint density at radius 3 is 2.53 bits per heavy atom. The van der Waals surface area contributed by atoms with E-state index in [1.54, 1.807) is 12.4 Å². The van der Waals surface area contributed by atoms with Crippen LogP contribution >= 0.6 is 0 Å². The fourth-order valence-corrected chi connectivity index (χ4v) is 2.95. The van der Waals surface area contributed by atoms with Crippen molar-refractivity contribution in [2.45, 2.75) is 44.8 Å². The second-order valence-corrected chi connectivity index (χ2v) is 5.18. The largest absolute Gasteiger partial charge is 0.464 e. The third-order valence-electron chi connectivity index (χ3n) is 3.85. The van der Waals surface area contributed by atoms with E-state index in [1.807, 2.05) is 6.92 Å². The minimum Gasteiger partial charge on any atom is -0.464 e. The van der Waals surface area contributed by atoms with Crippen LogP contribution in [0.4, 0.5) is 0 Å². The zero-order chi connectivity index (χ0) is 13.2. The number of Topliss-reactive ketones (excluding diaryl/α,β-unsaturated/α-hetero) is 1. The molecule has 19 heavy (non-hydrogen) atoms. The lowest BCUT2D eigenvalue weighted by Crippen LogP contribution is -2.30. The molecule has 0 aliphatic carbocycles. The van der Waals surface area contributed by atoms with Gasteiger partial charge in [0.15, 0.2) is 5.78 Å². The molecule has 1 aromatic heterocycles. The number of nitrogens with zero attached hydrogens (tertiary/aromatic N) is 2. The Labute approximate surface area is 112 Å². The molecule has 2 saturated heterocycles. The number of ether oxygens (including phenoxy) is 2. The molecule has 0 spiro atoms. The van der Waals surface area contributed by atoms with Crippen molar-refractivity contribution in [2.24, 2.45) is 5.92 Å². The summed E-state index contributed by atoms with van der Waals surface area (Å²) in [6.07, 6.45) is 7.54. The van der Waals surface area contributed by atoms with Gasteiger partial charge in [0.1, 0.15) is 0 Å². The van der Waals surface area contributed by atoms with Crippen LogP contribution in [0, 0.1) is 5.92 Å². The zero-order valence-electron chi connectivity index (χ0n) is 11.0. The SMILES string of the molecule is CCOc1ncc(C(=O)C2CC3CCC(C2)O3)cn1. The molecule has 0 aromatic carbocycles. The van der Waals surface area contributed by atoms with Crippen LogP contribution in [-0.2, 0) is 4.74 Å². The van der Waals surface area contributed by atoms with E-state index in [2.05, 4.69) is 9.97 Å². The van der Waals surface area contributed by atoms with Crippen molar-refractivity contribution in [1.82, 2.24) is 9.97 Å². The van der Waals surface area contributed by atoms with E-state index >= 15 is 0 Å². The Morgan fingerprint density at radius 1 is 1.32 bits per heavy atom. The molecule has 3 heterocycles. The molecule has 0 N–H and O–H groups in total. The molecule has 3 rings (SSSR count). The Hall–Kier alpha value is -1.49. The van der Waals surface area contributed by atoms with Crippen molar-refractivity contribution in [3.05, 3.63) is 18.0 Å². The third-order valence-corrected chi connectivity index (χ3v) is 3.85. The van der Waals surface area contributed by atoms with Gasteiger partial charge in [-0.3, -0.25) is 4.79 Å². The molecule has 2 aliphatic rings. The van der Waals surface area contributed by atoms with E-state index in [0.29, 0.717) is 18.2 Å². The van der Waals surface area contributed by atoms with Crippen LogP contribution in [-0.4, -0.2) is 34.6 Å². The first-order chi connectivity index (χ1) is 9.26. The molecule has 5 heteroatoms. The topological polar surface area (TPSA) is 61.3 Å². The van der Waals surface area contributed by atoms with E-state index in [4.69, 9.17) is 9.47 Å². The van der Waals surface area contributed by atoms with Crippen LogP contribution in [0.2, 0.25) is 0 Å². The molecule has 1 aromatic rings. The summed E-state index contributed by atoms with van der Waals surface area (Å²) in [4.78, 5) is 20.5.